The van der Waals surface area contributed by atoms with Crippen LogP contribution in [0.5, 0.6) is 5.75 Å². The maximum absolute atomic E-state index is 12.7. The van der Waals surface area contributed by atoms with E-state index >= 15 is 0 Å². The number of halogens is 3. The van der Waals surface area contributed by atoms with Crippen molar-refractivity contribution in [2.45, 2.75) is 6.18 Å². The molecule has 1 heterocycles. The van der Waals surface area contributed by atoms with E-state index in [1.807, 2.05) is 0 Å². The molecule has 100 valence electrons. The third kappa shape index (κ3) is 2.90. The number of hydrogen-bond donors (Lipinski definition) is 1. The average molecular weight is 270 g/mol. The van der Waals surface area contributed by atoms with Gasteiger partial charge in [-0.25, -0.2) is 0 Å². The number of benzene rings is 1. The maximum atomic E-state index is 12.7. The van der Waals surface area contributed by atoms with Crippen molar-refractivity contribution in [1.82, 2.24) is 9.78 Å². The lowest BCUT2D eigenvalue weighted by Crippen LogP contribution is -2.07. The number of rotatable bonds is 3. The molecule has 0 bridgehead atoms. The van der Waals surface area contributed by atoms with Crippen LogP contribution in [0, 0.1) is 0 Å². The molecule has 1 aromatic heterocycles. The molecular formula is C11H10BF3N2O2. The van der Waals surface area contributed by atoms with Gasteiger partial charge in [-0.15, -0.1) is 0 Å². The fraction of sp³-hybridized carbons (Fsp3) is 0.182. The summed E-state index contributed by atoms with van der Waals surface area (Å²) in [4.78, 5) is 0. The second kappa shape index (κ2) is 4.97. The van der Waals surface area contributed by atoms with E-state index < -0.39 is 19.4 Å². The van der Waals surface area contributed by atoms with Crippen LogP contribution < -0.4 is 4.65 Å². The van der Waals surface area contributed by atoms with Crippen molar-refractivity contribution >= 4 is 7.69 Å². The third-order valence-corrected chi connectivity index (χ3v) is 2.52. The first-order valence-corrected chi connectivity index (χ1v) is 5.37. The molecule has 2 aromatic rings. The molecule has 0 unspecified atom stereocenters. The Labute approximate surface area is 107 Å². The first-order valence-electron chi connectivity index (χ1n) is 5.37. The van der Waals surface area contributed by atoms with Crippen LogP contribution >= 0.6 is 0 Å². The van der Waals surface area contributed by atoms with Gasteiger partial charge in [0.1, 0.15) is 5.75 Å². The highest BCUT2D eigenvalue weighted by molar-refractivity contribution is 6.17. The molecule has 19 heavy (non-hydrogen) atoms. The predicted octanol–water partition coefficient (Wildman–Crippen LogP) is 1.74. The summed E-state index contributed by atoms with van der Waals surface area (Å²) in [6, 6.07) is 4.59. The Morgan fingerprint density at radius 1 is 1.32 bits per heavy atom. The Kier molecular flexibility index (Phi) is 3.52. The zero-order valence-corrected chi connectivity index (χ0v) is 9.98. The Balaban J connectivity index is 2.54. The second-order valence-electron chi connectivity index (χ2n) is 3.86. The number of aryl methyl sites for hydroxylation is 1. The van der Waals surface area contributed by atoms with E-state index in [4.69, 9.17) is 9.68 Å². The SMILES string of the molecule is Cn1ccc(-c2cc(C(F)(F)F)ccc2OBO)n1. The van der Waals surface area contributed by atoms with Crippen LogP contribution in [0.3, 0.4) is 0 Å². The van der Waals surface area contributed by atoms with E-state index in [2.05, 4.69) is 5.10 Å². The molecule has 0 aliphatic rings. The van der Waals surface area contributed by atoms with Gasteiger partial charge in [0.15, 0.2) is 0 Å². The van der Waals surface area contributed by atoms with Crippen molar-refractivity contribution in [3.05, 3.63) is 36.0 Å². The molecule has 0 spiro atoms. The van der Waals surface area contributed by atoms with Gasteiger partial charge in [-0.2, -0.15) is 18.3 Å². The molecule has 0 atom stereocenters. The molecule has 1 aromatic carbocycles. The van der Waals surface area contributed by atoms with E-state index in [9.17, 15) is 13.2 Å². The van der Waals surface area contributed by atoms with Crippen LogP contribution in [0.1, 0.15) is 5.56 Å². The summed E-state index contributed by atoms with van der Waals surface area (Å²) in [6.45, 7) is 0. The smallest absolute Gasteiger partial charge is 0.504 e. The van der Waals surface area contributed by atoms with Gasteiger partial charge in [-0.05, 0) is 24.3 Å². The minimum Gasteiger partial charge on any atom is -0.538 e. The molecule has 0 aliphatic heterocycles. The Bertz CT molecular complexity index is 584. The van der Waals surface area contributed by atoms with E-state index in [0.29, 0.717) is 5.69 Å². The number of aromatic nitrogens is 2. The molecule has 8 heteroatoms. The van der Waals surface area contributed by atoms with Crippen molar-refractivity contribution in [3.63, 3.8) is 0 Å². The lowest BCUT2D eigenvalue weighted by Gasteiger charge is -2.12. The topological polar surface area (TPSA) is 47.3 Å². The van der Waals surface area contributed by atoms with Gasteiger partial charge in [0.25, 0.3) is 0 Å². The van der Waals surface area contributed by atoms with E-state index in [1.54, 1.807) is 19.3 Å². The standard InChI is InChI=1S/C11H10BF3N2O2/c1-17-5-4-9(16-17)8-6-7(11(13,14)15)2-3-10(8)19-12-18/h2-6,12,18H,1H3. The molecule has 0 saturated heterocycles. The summed E-state index contributed by atoms with van der Waals surface area (Å²) in [5.74, 6) is 0.147. The Morgan fingerprint density at radius 3 is 2.58 bits per heavy atom. The zero-order valence-electron chi connectivity index (χ0n) is 9.98. The van der Waals surface area contributed by atoms with E-state index in [-0.39, 0.29) is 11.3 Å². The first kappa shape index (κ1) is 13.5. The number of nitrogens with zero attached hydrogens (tertiary/aromatic N) is 2. The highest BCUT2D eigenvalue weighted by Crippen LogP contribution is 2.36. The van der Waals surface area contributed by atoms with Gasteiger partial charge in [0, 0.05) is 18.8 Å². The summed E-state index contributed by atoms with van der Waals surface area (Å²) in [5, 5.41) is 12.8. The van der Waals surface area contributed by atoms with Crippen LogP contribution in [0.15, 0.2) is 30.5 Å². The molecule has 0 saturated carbocycles. The van der Waals surface area contributed by atoms with Crippen molar-refractivity contribution in [2.75, 3.05) is 0 Å². The van der Waals surface area contributed by atoms with Crippen molar-refractivity contribution in [2.24, 2.45) is 7.05 Å². The predicted molar refractivity (Wildman–Crippen MR) is 63.6 cm³/mol. The van der Waals surface area contributed by atoms with Crippen molar-refractivity contribution in [3.8, 4) is 17.0 Å². The largest absolute Gasteiger partial charge is 0.538 e. The lowest BCUT2D eigenvalue weighted by molar-refractivity contribution is -0.137. The van der Waals surface area contributed by atoms with Gasteiger partial charge in [-0.3, -0.25) is 4.68 Å². The maximum Gasteiger partial charge on any atom is 0.504 e. The van der Waals surface area contributed by atoms with Crippen LogP contribution in [0.2, 0.25) is 0 Å². The molecule has 2 rings (SSSR count). The molecular weight excluding hydrogens is 260 g/mol. The normalized spacial score (nSPS) is 11.4. The minimum absolute atomic E-state index is 0.147. The third-order valence-electron chi connectivity index (χ3n) is 2.52. The molecule has 0 fully saturated rings. The number of hydrogen-bond acceptors (Lipinski definition) is 3. The molecule has 0 radical (unpaired) electrons. The molecule has 0 amide bonds. The van der Waals surface area contributed by atoms with Gasteiger partial charge < -0.3 is 9.68 Å². The summed E-state index contributed by atoms with van der Waals surface area (Å²) in [5.41, 5.74) is -0.264. The van der Waals surface area contributed by atoms with Crippen molar-refractivity contribution < 1.29 is 22.8 Å². The lowest BCUT2D eigenvalue weighted by atomic mass is 10.1. The monoisotopic (exact) mass is 270 g/mol. The molecule has 1 N–H and O–H groups in total. The minimum atomic E-state index is -4.44. The second-order valence-corrected chi connectivity index (χ2v) is 3.86. The van der Waals surface area contributed by atoms with Gasteiger partial charge in [0.05, 0.1) is 11.3 Å². The van der Waals surface area contributed by atoms with Crippen LogP contribution in [-0.4, -0.2) is 22.5 Å². The summed E-state index contributed by atoms with van der Waals surface area (Å²) >= 11 is 0. The van der Waals surface area contributed by atoms with Crippen molar-refractivity contribution in [1.29, 1.82) is 0 Å². The Hall–Kier alpha value is -1.96. The van der Waals surface area contributed by atoms with Crippen LogP contribution in [0.25, 0.3) is 11.3 Å². The molecule has 4 nitrogen and oxygen atoms in total. The quantitative estimate of drug-likeness (QED) is 0.864. The van der Waals surface area contributed by atoms with Gasteiger partial charge >= 0.3 is 13.9 Å². The van der Waals surface area contributed by atoms with Crippen LogP contribution in [0.4, 0.5) is 13.2 Å². The van der Waals surface area contributed by atoms with Crippen LogP contribution in [-0.2, 0) is 13.2 Å². The number of alkyl halides is 3. The highest BCUT2D eigenvalue weighted by Gasteiger charge is 2.31. The fourth-order valence-corrected chi connectivity index (χ4v) is 1.66. The first-order chi connectivity index (χ1) is 8.91. The summed E-state index contributed by atoms with van der Waals surface area (Å²) in [7, 11) is 1.04. The average Bonchev–Trinajstić information content (AvgIpc) is 2.75. The fourth-order valence-electron chi connectivity index (χ4n) is 1.66. The Morgan fingerprint density at radius 2 is 2.05 bits per heavy atom. The summed E-state index contributed by atoms with van der Waals surface area (Å²) < 4.78 is 44.4. The zero-order chi connectivity index (χ0) is 14.0. The van der Waals surface area contributed by atoms with E-state index in [0.717, 1.165) is 12.1 Å². The van der Waals surface area contributed by atoms with Gasteiger partial charge in [-0.1, -0.05) is 0 Å². The highest BCUT2D eigenvalue weighted by atomic mass is 19.4. The van der Waals surface area contributed by atoms with Gasteiger partial charge in [0.2, 0.25) is 0 Å². The summed E-state index contributed by atoms with van der Waals surface area (Å²) in [6.07, 6.45) is -2.83. The molecule has 0 aliphatic carbocycles. The van der Waals surface area contributed by atoms with E-state index in [1.165, 1.54) is 10.7 Å².